The van der Waals surface area contributed by atoms with Gasteiger partial charge in [-0.1, -0.05) is 6.58 Å². The van der Waals surface area contributed by atoms with Crippen LogP contribution in [0, 0.1) is 0 Å². The lowest BCUT2D eigenvalue weighted by Crippen LogP contribution is -2.37. The maximum atomic E-state index is 12.1. The van der Waals surface area contributed by atoms with Crippen LogP contribution in [0.25, 0.3) is 0 Å². The lowest BCUT2D eigenvalue weighted by molar-refractivity contribution is -0.870. The van der Waals surface area contributed by atoms with Crippen molar-refractivity contribution >= 4 is 21.6 Å². The summed E-state index contributed by atoms with van der Waals surface area (Å²) in [4.78, 5) is 31.4. The zero-order valence-corrected chi connectivity index (χ0v) is 20.6. The van der Waals surface area contributed by atoms with Crippen molar-refractivity contribution in [1.29, 1.82) is 0 Å². The number of ether oxygens (including phenoxy) is 1. The molecule has 0 spiro atoms. The maximum Gasteiger partial charge on any atom is 0.475 e. The van der Waals surface area contributed by atoms with Crippen molar-refractivity contribution in [2.75, 3.05) is 75.2 Å². The molecule has 2 N–H and O–H groups in total. The lowest BCUT2D eigenvalue weighted by Gasteiger charge is -2.25. The number of quaternary nitrogens is 2. The van der Waals surface area contributed by atoms with Gasteiger partial charge in [0, 0.05) is 5.57 Å². The fraction of sp³-hybridized carbons (Fsp3) is 0.812. The third-order valence-electron chi connectivity index (χ3n) is 3.24. The quantitative estimate of drug-likeness (QED) is 0.116. The first kappa shape index (κ1) is 29.4. The van der Waals surface area contributed by atoms with Gasteiger partial charge in [0.2, 0.25) is 6.29 Å². The summed E-state index contributed by atoms with van der Waals surface area (Å²) in [5.74, 6) is -0.950. The zero-order valence-electron chi connectivity index (χ0n) is 18.8. The van der Waals surface area contributed by atoms with E-state index in [1.54, 1.807) is 0 Å². The summed E-state index contributed by atoms with van der Waals surface area (Å²) in [5, 5.41) is 0. The van der Waals surface area contributed by atoms with E-state index in [2.05, 4.69) is 6.58 Å². The Morgan fingerprint density at radius 1 is 0.900 bits per heavy atom. The third kappa shape index (κ3) is 16.1. The largest absolute Gasteiger partial charge is 0.475 e. The number of likely N-dealkylation sites (N-methyl/N-ethyl adjacent to an activating group) is 2. The van der Waals surface area contributed by atoms with Gasteiger partial charge in [0.1, 0.15) is 32.9 Å². The average Bonchev–Trinajstić information content (AvgIpc) is 2.49. The van der Waals surface area contributed by atoms with Gasteiger partial charge in [-0.05, 0) is 6.92 Å². The summed E-state index contributed by atoms with van der Waals surface area (Å²) in [7, 11) is 1.98. The molecule has 0 saturated heterocycles. The van der Waals surface area contributed by atoms with E-state index in [1.165, 1.54) is 6.92 Å². The number of hydrogen-bond donors (Lipinski definition) is 2. The molecule has 0 bridgehead atoms. The fourth-order valence-corrected chi connectivity index (χ4v) is 3.01. The van der Waals surface area contributed by atoms with Crippen LogP contribution < -0.4 is 0 Å². The SMILES string of the molecule is C=C(C)C(=O)OC(COP(=O)(O)OCC[N+](C)(C)C)OP(=O)(O)OCC[N+](C)(C)C. The molecular weight excluding hydrogens is 442 g/mol. The molecule has 3 unspecified atom stereocenters. The highest BCUT2D eigenvalue weighted by molar-refractivity contribution is 7.47. The standard InChI is InChI=1S/C16H34N2O10P2/c1-14(2)16(19)27-15(28-30(22,23)25-12-10-18(6,7)8)13-26-29(20,21)24-11-9-17(3,4)5/h15H,1,9-13H2,2-8H3/p+2. The monoisotopic (exact) mass is 478 g/mol. The molecule has 12 nitrogen and oxygen atoms in total. The molecule has 14 heteroatoms. The molecule has 0 aliphatic heterocycles. The van der Waals surface area contributed by atoms with Crippen LogP contribution in [0.15, 0.2) is 12.2 Å². The summed E-state index contributed by atoms with van der Waals surface area (Å²) in [6, 6.07) is 0. The number of phosphoric acid groups is 2. The van der Waals surface area contributed by atoms with Gasteiger partial charge in [0.25, 0.3) is 0 Å². The Morgan fingerprint density at radius 2 is 1.33 bits per heavy atom. The Labute approximate surface area is 178 Å². The van der Waals surface area contributed by atoms with Crippen LogP contribution in [0.3, 0.4) is 0 Å². The number of nitrogens with zero attached hydrogens (tertiary/aromatic N) is 2. The Morgan fingerprint density at radius 3 is 1.73 bits per heavy atom. The van der Waals surface area contributed by atoms with Gasteiger partial charge in [-0.25, -0.2) is 18.4 Å². The summed E-state index contributed by atoms with van der Waals surface area (Å²) < 4.78 is 49.2. The molecule has 0 fully saturated rings. The number of phosphoric ester groups is 2. The van der Waals surface area contributed by atoms with Gasteiger partial charge in [0.05, 0.1) is 42.3 Å². The highest BCUT2D eigenvalue weighted by atomic mass is 31.2. The molecule has 0 radical (unpaired) electrons. The average molecular weight is 478 g/mol. The second-order valence-corrected chi connectivity index (χ2v) is 11.5. The van der Waals surface area contributed by atoms with Gasteiger partial charge in [-0.15, -0.1) is 0 Å². The van der Waals surface area contributed by atoms with Crippen molar-refractivity contribution in [3.63, 3.8) is 0 Å². The molecule has 0 aliphatic carbocycles. The van der Waals surface area contributed by atoms with E-state index in [-0.39, 0.29) is 18.8 Å². The van der Waals surface area contributed by atoms with E-state index >= 15 is 0 Å². The molecule has 178 valence electrons. The van der Waals surface area contributed by atoms with Crippen LogP contribution >= 0.6 is 15.6 Å². The second-order valence-electron chi connectivity index (χ2n) is 8.65. The Hall–Kier alpha value is -0.650. The third-order valence-corrected chi connectivity index (χ3v) is 5.24. The molecule has 0 aromatic heterocycles. The summed E-state index contributed by atoms with van der Waals surface area (Å²) in [6.07, 6.45) is -1.81. The maximum absolute atomic E-state index is 12.1. The molecule has 0 amide bonds. The van der Waals surface area contributed by atoms with Crippen molar-refractivity contribution in [2.24, 2.45) is 0 Å². The Kier molecular flexibility index (Phi) is 11.6. The van der Waals surface area contributed by atoms with Crippen LogP contribution in [0.4, 0.5) is 0 Å². The first-order valence-electron chi connectivity index (χ1n) is 9.07. The van der Waals surface area contributed by atoms with Crippen LogP contribution in [-0.2, 0) is 36.8 Å². The Bertz CT molecular complexity index is 672. The minimum Gasteiger partial charge on any atom is -0.429 e. The molecule has 0 aliphatic rings. The number of hydrogen-bond acceptors (Lipinski definition) is 8. The zero-order chi connectivity index (χ0) is 23.8. The number of carbonyl (C=O) groups is 1. The molecular formula is C16H36N2O10P2+2. The van der Waals surface area contributed by atoms with E-state index < -0.39 is 34.5 Å². The van der Waals surface area contributed by atoms with Crippen molar-refractivity contribution in [1.82, 2.24) is 0 Å². The van der Waals surface area contributed by atoms with E-state index in [0.29, 0.717) is 22.1 Å². The smallest absolute Gasteiger partial charge is 0.429 e. The van der Waals surface area contributed by atoms with Crippen LogP contribution in [-0.4, -0.2) is 106 Å². The van der Waals surface area contributed by atoms with E-state index in [4.69, 9.17) is 22.8 Å². The van der Waals surface area contributed by atoms with Gasteiger partial charge in [-0.3, -0.25) is 13.6 Å². The van der Waals surface area contributed by atoms with Gasteiger partial charge in [-0.2, -0.15) is 0 Å². The first-order valence-corrected chi connectivity index (χ1v) is 12.1. The summed E-state index contributed by atoms with van der Waals surface area (Å²) in [5.41, 5.74) is -0.0197. The highest BCUT2D eigenvalue weighted by Gasteiger charge is 2.33. The molecule has 30 heavy (non-hydrogen) atoms. The topological polar surface area (TPSA) is 138 Å². The van der Waals surface area contributed by atoms with Crippen molar-refractivity contribution in [3.05, 3.63) is 12.2 Å². The lowest BCUT2D eigenvalue weighted by atomic mass is 10.4. The predicted octanol–water partition coefficient (Wildman–Crippen LogP) is 1.11. The van der Waals surface area contributed by atoms with Gasteiger partial charge >= 0.3 is 21.6 Å². The van der Waals surface area contributed by atoms with Gasteiger partial charge < -0.3 is 23.5 Å². The van der Waals surface area contributed by atoms with E-state index in [0.717, 1.165) is 0 Å². The number of rotatable bonds is 15. The van der Waals surface area contributed by atoms with E-state index in [9.17, 15) is 23.7 Å². The molecule has 0 aromatic carbocycles. The second kappa shape index (κ2) is 11.8. The molecule has 3 atom stereocenters. The van der Waals surface area contributed by atoms with E-state index in [1.807, 2.05) is 42.3 Å². The predicted molar refractivity (Wildman–Crippen MR) is 109 cm³/mol. The van der Waals surface area contributed by atoms with Crippen LogP contribution in [0.5, 0.6) is 0 Å². The van der Waals surface area contributed by atoms with Crippen molar-refractivity contribution < 1.29 is 55.5 Å². The first-order chi connectivity index (χ1) is 13.3. The van der Waals surface area contributed by atoms with Crippen LogP contribution in [0.1, 0.15) is 6.92 Å². The van der Waals surface area contributed by atoms with Gasteiger partial charge in [0.15, 0.2) is 0 Å². The molecule has 0 saturated carbocycles. The minimum atomic E-state index is -4.66. The van der Waals surface area contributed by atoms with Crippen molar-refractivity contribution in [3.8, 4) is 0 Å². The normalized spacial score (nSPS) is 17.6. The number of esters is 1. The molecule has 0 aromatic rings. The molecule has 0 rings (SSSR count). The molecule has 0 heterocycles. The number of carbonyl (C=O) groups excluding carboxylic acids is 1. The summed E-state index contributed by atoms with van der Waals surface area (Å²) in [6.45, 7) is 4.50. The van der Waals surface area contributed by atoms with Crippen LogP contribution in [0.2, 0.25) is 0 Å². The van der Waals surface area contributed by atoms with Crippen molar-refractivity contribution in [2.45, 2.75) is 13.2 Å². The highest BCUT2D eigenvalue weighted by Crippen LogP contribution is 2.47. The summed E-state index contributed by atoms with van der Waals surface area (Å²) >= 11 is 0. The fourth-order valence-electron chi connectivity index (χ4n) is 1.54. The Balaban J connectivity index is 4.96. The minimum absolute atomic E-state index is 0.0197.